The highest BCUT2D eigenvalue weighted by molar-refractivity contribution is 7.90. The van der Waals surface area contributed by atoms with E-state index in [1.807, 2.05) is 6.92 Å². The number of aromatic nitrogens is 3. The predicted molar refractivity (Wildman–Crippen MR) is 78.1 cm³/mol. The van der Waals surface area contributed by atoms with Crippen molar-refractivity contribution < 1.29 is 22.4 Å². The molecule has 0 aromatic carbocycles. The van der Waals surface area contributed by atoms with E-state index in [1.165, 1.54) is 7.11 Å². The molecule has 22 heavy (non-hydrogen) atoms. The van der Waals surface area contributed by atoms with E-state index in [4.69, 9.17) is 14.0 Å². The third-order valence-corrected chi connectivity index (χ3v) is 4.18. The molecular formula is C13H17N3O5S. The largest absolute Gasteiger partial charge is 0.477 e. The summed E-state index contributed by atoms with van der Waals surface area (Å²) in [4.78, 5) is 8.19. The van der Waals surface area contributed by atoms with E-state index in [9.17, 15) is 8.42 Å². The van der Waals surface area contributed by atoms with Crippen LogP contribution >= 0.6 is 0 Å². The van der Waals surface area contributed by atoms with Crippen LogP contribution in [0.15, 0.2) is 22.9 Å². The van der Waals surface area contributed by atoms with E-state index in [1.54, 1.807) is 18.3 Å². The van der Waals surface area contributed by atoms with Crippen LogP contribution in [-0.2, 0) is 20.3 Å². The zero-order valence-corrected chi connectivity index (χ0v) is 13.2. The van der Waals surface area contributed by atoms with Crippen LogP contribution in [0, 0.1) is 0 Å². The van der Waals surface area contributed by atoms with Crippen molar-refractivity contribution in [3.05, 3.63) is 24.2 Å². The van der Waals surface area contributed by atoms with E-state index in [2.05, 4.69) is 15.1 Å². The highest BCUT2D eigenvalue weighted by Gasteiger charge is 2.19. The highest BCUT2D eigenvalue weighted by atomic mass is 32.2. The summed E-state index contributed by atoms with van der Waals surface area (Å²) in [6, 6.07) is 3.44. The topological polar surface area (TPSA) is 104 Å². The van der Waals surface area contributed by atoms with Gasteiger partial charge in [-0.3, -0.25) is 0 Å². The fraction of sp³-hybridized carbons (Fsp3) is 0.462. The molecule has 9 heteroatoms. The van der Waals surface area contributed by atoms with Gasteiger partial charge in [0.15, 0.2) is 9.84 Å². The van der Waals surface area contributed by atoms with Crippen molar-refractivity contribution in [3.8, 4) is 17.3 Å². The van der Waals surface area contributed by atoms with Crippen molar-refractivity contribution >= 4 is 9.84 Å². The number of hydrogen-bond donors (Lipinski definition) is 0. The average molecular weight is 327 g/mol. The monoisotopic (exact) mass is 327 g/mol. The Labute approximate surface area is 128 Å². The van der Waals surface area contributed by atoms with Crippen molar-refractivity contribution in [1.29, 1.82) is 0 Å². The third-order valence-electron chi connectivity index (χ3n) is 2.70. The average Bonchev–Trinajstić information content (AvgIpc) is 2.94. The molecular weight excluding hydrogens is 310 g/mol. The lowest BCUT2D eigenvalue weighted by molar-refractivity contribution is 0.217. The number of nitrogens with zero attached hydrogens (tertiary/aromatic N) is 3. The van der Waals surface area contributed by atoms with E-state index >= 15 is 0 Å². The minimum atomic E-state index is -3.35. The molecule has 0 aliphatic rings. The molecule has 0 aliphatic heterocycles. The normalized spacial score (nSPS) is 11.5. The molecule has 0 saturated carbocycles. The lowest BCUT2D eigenvalue weighted by atomic mass is 10.2. The summed E-state index contributed by atoms with van der Waals surface area (Å²) in [5.41, 5.74) is 0.550. The molecule has 2 rings (SSSR count). The molecule has 120 valence electrons. The fourth-order valence-corrected chi connectivity index (χ4v) is 2.76. The van der Waals surface area contributed by atoms with Crippen molar-refractivity contribution in [2.45, 2.75) is 12.7 Å². The van der Waals surface area contributed by atoms with Gasteiger partial charge in [-0.15, -0.1) is 0 Å². The number of pyridine rings is 1. The first-order valence-corrected chi connectivity index (χ1v) is 8.48. The van der Waals surface area contributed by atoms with Gasteiger partial charge in [-0.25, -0.2) is 13.4 Å². The summed E-state index contributed by atoms with van der Waals surface area (Å²) in [6.45, 7) is 2.41. The van der Waals surface area contributed by atoms with Gasteiger partial charge in [0.25, 0.3) is 0 Å². The van der Waals surface area contributed by atoms with Gasteiger partial charge in [0.1, 0.15) is 5.75 Å². The van der Waals surface area contributed by atoms with Crippen molar-refractivity contribution in [2.75, 3.05) is 26.1 Å². The predicted octanol–water partition coefficient (Wildman–Crippen LogP) is 1.09. The van der Waals surface area contributed by atoms with Crippen LogP contribution in [0.25, 0.3) is 11.4 Å². The molecule has 0 amide bonds. The molecule has 2 aromatic rings. The number of ether oxygens (including phenoxy) is 2. The van der Waals surface area contributed by atoms with Gasteiger partial charge in [0.2, 0.25) is 17.6 Å². The van der Waals surface area contributed by atoms with E-state index in [0.29, 0.717) is 18.1 Å². The Bertz CT molecular complexity index is 714. The van der Waals surface area contributed by atoms with Crippen LogP contribution < -0.4 is 4.74 Å². The summed E-state index contributed by atoms with van der Waals surface area (Å²) in [5.74, 6) is 0.219. The summed E-state index contributed by atoms with van der Waals surface area (Å²) in [7, 11) is -1.91. The molecule has 0 spiro atoms. The maximum Gasteiger partial charge on any atom is 0.242 e. The van der Waals surface area contributed by atoms with Gasteiger partial charge in [0.05, 0.1) is 24.5 Å². The summed E-state index contributed by atoms with van der Waals surface area (Å²) in [6.07, 6.45) is 1.59. The first-order chi connectivity index (χ1) is 10.6. The standard InChI is InChI=1S/C13H17N3O5S/c1-3-20-13-10(5-4-6-14-13)12-15-11(21-16-12)9-22(17,18)8-7-19-2/h4-6H,3,7-9H2,1-2H3. The zero-order chi connectivity index (χ0) is 16.0. The molecule has 0 radical (unpaired) electrons. The van der Waals surface area contributed by atoms with Crippen molar-refractivity contribution in [2.24, 2.45) is 0 Å². The summed E-state index contributed by atoms with van der Waals surface area (Å²) < 4.78 is 38.8. The number of sulfone groups is 1. The second kappa shape index (κ2) is 7.32. The maximum atomic E-state index is 11.8. The minimum absolute atomic E-state index is 0.0254. The summed E-state index contributed by atoms with van der Waals surface area (Å²) in [5, 5.41) is 3.79. The Morgan fingerprint density at radius 1 is 1.36 bits per heavy atom. The van der Waals surface area contributed by atoms with Gasteiger partial charge in [-0.1, -0.05) is 5.16 Å². The van der Waals surface area contributed by atoms with E-state index in [0.717, 1.165) is 0 Å². The van der Waals surface area contributed by atoms with Gasteiger partial charge in [-0.05, 0) is 19.1 Å². The van der Waals surface area contributed by atoms with Crippen molar-refractivity contribution in [1.82, 2.24) is 15.1 Å². The number of methoxy groups -OCH3 is 1. The Kier molecular flexibility index (Phi) is 5.45. The van der Waals surface area contributed by atoms with Crippen LogP contribution in [0.4, 0.5) is 0 Å². The van der Waals surface area contributed by atoms with Crippen LogP contribution in [0.1, 0.15) is 12.8 Å². The Morgan fingerprint density at radius 2 is 2.18 bits per heavy atom. The van der Waals surface area contributed by atoms with Gasteiger partial charge in [0, 0.05) is 13.3 Å². The maximum absolute atomic E-state index is 11.8. The highest BCUT2D eigenvalue weighted by Crippen LogP contribution is 2.25. The van der Waals surface area contributed by atoms with E-state index in [-0.39, 0.29) is 29.8 Å². The Balaban J connectivity index is 2.18. The molecule has 2 heterocycles. The second-order valence-electron chi connectivity index (χ2n) is 4.39. The molecule has 0 atom stereocenters. The molecule has 8 nitrogen and oxygen atoms in total. The second-order valence-corrected chi connectivity index (χ2v) is 6.57. The zero-order valence-electron chi connectivity index (χ0n) is 12.4. The van der Waals surface area contributed by atoms with Crippen LogP contribution in [0.3, 0.4) is 0 Å². The molecule has 0 aliphatic carbocycles. The first kappa shape index (κ1) is 16.4. The van der Waals surface area contributed by atoms with Gasteiger partial charge < -0.3 is 14.0 Å². The molecule has 0 fully saturated rings. The smallest absolute Gasteiger partial charge is 0.242 e. The molecule has 0 bridgehead atoms. The Morgan fingerprint density at radius 3 is 2.91 bits per heavy atom. The van der Waals surface area contributed by atoms with Gasteiger partial charge in [-0.2, -0.15) is 4.98 Å². The van der Waals surface area contributed by atoms with Crippen LogP contribution in [0.5, 0.6) is 5.88 Å². The third kappa shape index (κ3) is 4.25. The molecule has 0 saturated heterocycles. The summed E-state index contributed by atoms with van der Waals surface area (Å²) >= 11 is 0. The van der Waals surface area contributed by atoms with Crippen LogP contribution in [-0.4, -0.2) is 49.6 Å². The van der Waals surface area contributed by atoms with E-state index < -0.39 is 9.84 Å². The minimum Gasteiger partial charge on any atom is -0.477 e. The Hall–Kier alpha value is -2.00. The lowest BCUT2D eigenvalue weighted by Crippen LogP contribution is -2.13. The van der Waals surface area contributed by atoms with Crippen molar-refractivity contribution in [3.63, 3.8) is 0 Å². The molecule has 0 unspecified atom stereocenters. The van der Waals surface area contributed by atoms with Gasteiger partial charge >= 0.3 is 0 Å². The van der Waals surface area contributed by atoms with Crippen LogP contribution in [0.2, 0.25) is 0 Å². The number of hydrogen-bond acceptors (Lipinski definition) is 8. The molecule has 0 N–H and O–H groups in total. The number of rotatable bonds is 8. The lowest BCUT2D eigenvalue weighted by Gasteiger charge is -2.04. The fourth-order valence-electron chi connectivity index (χ4n) is 1.71. The SMILES string of the molecule is CCOc1ncccc1-c1noc(CS(=O)(=O)CCOC)n1. The quantitative estimate of drug-likeness (QED) is 0.709. The first-order valence-electron chi connectivity index (χ1n) is 6.66. The molecule has 2 aromatic heterocycles.